The molecule has 0 aliphatic carbocycles. The van der Waals surface area contributed by atoms with E-state index in [0.29, 0.717) is 6.04 Å². The Morgan fingerprint density at radius 3 is 2.83 bits per heavy atom. The molecule has 2 aliphatic rings. The van der Waals surface area contributed by atoms with E-state index in [2.05, 4.69) is 9.88 Å². The highest BCUT2D eigenvalue weighted by molar-refractivity contribution is 7.11. The maximum atomic E-state index is 12.4. The van der Waals surface area contributed by atoms with Gasteiger partial charge in [-0.25, -0.2) is 4.98 Å². The predicted molar refractivity (Wildman–Crippen MR) is 72.0 cm³/mol. The first-order valence-corrected chi connectivity index (χ1v) is 7.57. The van der Waals surface area contributed by atoms with Gasteiger partial charge in [-0.05, 0) is 39.3 Å². The molecule has 1 aromatic rings. The topological polar surface area (TPSA) is 36.4 Å². The molecule has 0 unspecified atom stereocenters. The minimum absolute atomic E-state index is 0.177. The first kappa shape index (κ1) is 12.1. The average molecular weight is 265 g/mol. The van der Waals surface area contributed by atoms with Crippen molar-refractivity contribution in [1.29, 1.82) is 0 Å². The van der Waals surface area contributed by atoms with Crippen molar-refractivity contribution in [3.05, 3.63) is 16.1 Å². The van der Waals surface area contributed by atoms with E-state index in [9.17, 15) is 4.79 Å². The van der Waals surface area contributed by atoms with Crippen LogP contribution in [-0.2, 0) is 0 Å². The second kappa shape index (κ2) is 4.97. The summed E-state index contributed by atoms with van der Waals surface area (Å²) in [5, 5.41) is 0. The number of aryl methyl sites for hydroxylation is 1. The minimum atomic E-state index is 0.177. The summed E-state index contributed by atoms with van der Waals surface area (Å²) in [5.41, 5.74) is 2.63. The predicted octanol–water partition coefficient (Wildman–Crippen LogP) is 1.76. The second-order valence-electron chi connectivity index (χ2n) is 5.20. The van der Waals surface area contributed by atoms with Crippen molar-refractivity contribution in [3.8, 4) is 0 Å². The highest BCUT2D eigenvalue weighted by atomic mass is 32.1. The van der Waals surface area contributed by atoms with Crippen molar-refractivity contribution < 1.29 is 4.79 Å². The Hall–Kier alpha value is -0.940. The van der Waals surface area contributed by atoms with E-state index >= 15 is 0 Å². The van der Waals surface area contributed by atoms with Gasteiger partial charge in [-0.15, -0.1) is 11.3 Å². The molecule has 1 amide bonds. The zero-order valence-electron chi connectivity index (χ0n) is 10.8. The molecule has 1 aromatic heterocycles. The minimum Gasteiger partial charge on any atom is -0.336 e. The normalized spacial score (nSPS) is 24.9. The molecule has 0 bridgehead atoms. The Balaban J connectivity index is 1.65. The Bertz CT molecular complexity index is 439. The van der Waals surface area contributed by atoms with Crippen molar-refractivity contribution in [1.82, 2.24) is 14.8 Å². The molecule has 98 valence electrons. The van der Waals surface area contributed by atoms with Crippen molar-refractivity contribution in [2.75, 3.05) is 26.2 Å². The lowest BCUT2D eigenvalue weighted by molar-refractivity contribution is 0.0784. The number of carbonyl (C=O) groups is 1. The monoisotopic (exact) mass is 265 g/mol. The van der Waals surface area contributed by atoms with Gasteiger partial charge in [0.1, 0.15) is 4.88 Å². The fourth-order valence-corrected chi connectivity index (χ4v) is 3.75. The summed E-state index contributed by atoms with van der Waals surface area (Å²) in [6.45, 7) is 6.14. The van der Waals surface area contributed by atoms with Crippen molar-refractivity contribution >= 4 is 17.2 Å². The van der Waals surface area contributed by atoms with Crippen LogP contribution in [0.2, 0.25) is 0 Å². The fraction of sp³-hybridized carbons (Fsp3) is 0.692. The lowest BCUT2D eigenvalue weighted by atomic mass is 10.2. The maximum absolute atomic E-state index is 12.4. The summed E-state index contributed by atoms with van der Waals surface area (Å²) in [6, 6.07) is 0.588. The molecule has 2 aliphatic heterocycles. The molecule has 18 heavy (non-hydrogen) atoms. The van der Waals surface area contributed by atoms with Crippen LogP contribution in [0.5, 0.6) is 0 Å². The molecule has 1 atom stereocenters. The standard InChI is InChI=1S/C13H19N3OS/c1-10-12(18-9-14-10)13(17)16-7-4-11(8-16)15-5-2-3-6-15/h9,11H,2-8H2,1H3/t11-/m1/s1. The van der Waals surface area contributed by atoms with Gasteiger partial charge in [0.25, 0.3) is 5.91 Å². The van der Waals surface area contributed by atoms with Gasteiger partial charge in [-0.3, -0.25) is 9.69 Å². The first-order valence-electron chi connectivity index (χ1n) is 6.69. The quantitative estimate of drug-likeness (QED) is 0.817. The molecule has 0 aromatic carbocycles. The Labute approximate surface area is 112 Å². The van der Waals surface area contributed by atoms with Gasteiger partial charge in [-0.1, -0.05) is 0 Å². The van der Waals surface area contributed by atoms with Gasteiger partial charge in [0.15, 0.2) is 0 Å². The summed E-state index contributed by atoms with van der Waals surface area (Å²) >= 11 is 1.46. The van der Waals surface area contributed by atoms with E-state index in [1.54, 1.807) is 5.51 Å². The molecular formula is C13H19N3OS. The highest BCUT2D eigenvalue weighted by Crippen LogP contribution is 2.23. The lowest BCUT2D eigenvalue weighted by Gasteiger charge is -2.23. The van der Waals surface area contributed by atoms with Crippen LogP contribution in [0.1, 0.15) is 34.6 Å². The van der Waals surface area contributed by atoms with Crippen LogP contribution in [0.4, 0.5) is 0 Å². The van der Waals surface area contributed by atoms with Gasteiger partial charge in [0.2, 0.25) is 0 Å². The van der Waals surface area contributed by atoms with Crippen LogP contribution in [0.25, 0.3) is 0 Å². The van der Waals surface area contributed by atoms with Crippen molar-refractivity contribution in [2.24, 2.45) is 0 Å². The summed E-state index contributed by atoms with van der Waals surface area (Å²) in [4.78, 5) is 21.9. The molecule has 2 fully saturated rings. The third-order valence-electron chi connectivity index (χ3n) is 4.05. The largest absolute Gasteiger partial charge is 0.336 e. The van der Waals surface area contributed by atoms with E-state index in [1.165, 1.54) is 37.3 Å². The van der Waals surface area contributed by atoms with E-state index in [-0.39, 0.29) is 5.91 Å². The highest BCUT2D eigenvalue weighted by Gasteiger charge is 2.32. The smallest absolute Gasteiger partial charge is 0.265 e. The number of likely N-dealkylation sites (tertiary alicyclic amines) is 2. The molecule has 2 saturated heterocycles. The van der Waals surface area contributed by atoms with Crippen molar-refractivity contribution in [2.45, 2.75) is 32.2 Å². The number of hydrogen-bond acceptors (Lipinski definition) is 4. The van der Waals surface area contributed by atoms with Gasteiger partial charge in [0.05, 0.1) is 11.2 Å². The number of thiazole rings is 1. The number of nitrogens with zero attached hydrogens (tertiary/aromatic N) is 3. The van der Waals surface area contributed by atoms with Gasteiger partial charge in [0, 0.05) is 19.1 Å². The van der Waals surface area contributed by atoms with Gasteiger partial charge in [-0.2, -0.15) is 0 Å². The van der Waals surface area contributed by atoms with E-state index in [4.69, 9.17) is 0 Å². The van der Waals surface area contributed by atoms with Crippen LogP contribution in [0.3, 0.4) is 0 Å². The van der Waals surface area contributed by atoms with Gasteiger partial charge >= 0.3 is 0 Å². The number of carbonyl (C=O) groups excluding carboxylic acids is 1. The SMILES string of the molecule is Cc1ncsc1C(=O)N1CC[C@@H](N2CCCC2)C1. The third kappa shape index (κ3) is 2.17. The summed E-state index contributed by atoms with van der Waals surface area (Å²) < 4.78 is 0. The molecule has 4 nitrogen and oxygen atoms in total. The lowest BCUT2D eigenvalue weighted by Crippen LogP contribution is -2.37. The zero-order valence-corrected chi connectivity index (χ0v) is 11.6. The molecule has 3 rings (SSSR count). The Morgan fingerprint density at radius 1 is 1.39 bits per heavy atom. The van der Waals surface area contributed by atoms with Crippen LogP contribution < -0.4 is 0 Å². The Kier molecular flexibility index (Phi) is 3.35. The molecule has 0 spiro atoms. The van der Waals surface area contributed by atoms with Crippen LogP contribution in [0, 0.1) is 6.92 Å². The van der Waals surface area contributed by atoms with Gasteiger partial charge < -0.3 is 4.90 Å². The summed E-state index contributed by atoms with van der Waals surface area (Å²) in [7, 11) is 0. The first-order chi connectivity index (χ1) is 8.75. The molecule has 3 heterocycles. The van der Waals surface area contributed by atoms with Crippen molar-refractivity contribution in [3.63, 3.8) is 0 Å². The number of amides is 1. The molecule has 0 radical (unpaired) electrons. The number of aromatic nitrogens is 1. The third-order valence-corrected chi connectivity index (χ3v) is 4.96. The summed E-state index contributed by atoms with van der Waals surface area (Å²) in [5.74, 6) is 0.177. The molecular weight excluding hydrogens is 246 g/mol. The maximum Gasteiger partial charge on any atom is 0.265 e. The van der Waals surface area contributed by atoms with Crippen LogP contribution >= 0.6 is 11.3 Å². The number of hydrogen-bond donors (Lipinski definition) is 0. The van der Waals surface area contributed by atoms with E-state index in [0.717, 1.165) is 30.1 Å². The van der Waals surface area contributed by atoms with Crippen LogP contribution in [0.15, 0.2) is 5.51 Å². The van der Waals surface area contributed by atoms with Crippen LogP contribution in [-0.4, -0.2) is 52.9 Å². The number of rotatable bonds is 2. The molecule has 0 saturated carbocycles. The second-order valence-corrected chi connectivity index (χ2v) is 6.06. The van der Waals surface area contributed by atoms with E-state index in [1.807, 2.05) is 11.8 Å². The Morgan fingerprint density at radius 2 is 2.17 bits per heavy atom. The molecule has 0 N–H and O–H groups in total. The average Bonchev–Trinajstić information content (AvgIpc) is 3.09. The van der Waals surface area contributed by atoms with E-state index < -0.39 is 0 Å². The summed E-state index contributed by atoms with van der Waals surface area (Å²) in [6.07, 6.45) is 3.76. The fourth-order valence-electron chi connectivity index (χ4n) is 2.98. The molecule has 5 heteroatoms. The zero-order chi connectivity index (χ0) is 12.5.